The van der Waals surface area contributed by atoms with E-state index in [1.165, 1.54) is 38.2 Å². The van der Waals surface area contributed by atoms with E-state index in [1.807, 2.05) is 6.92 Å². The van der Waals surface area contributed by atoms with E-state index in [1.54, 1.807) is 0 Å². The van der Waals surface area contributed by atoms with Gasteiger partial charge in [-0.05, 0) is 43.9 Å². The van der Waals surface area contributed by atoms with Crippen LogP contribution in [0.3, 0.4) is 0 Å². The Morgan fingerprint density at radius 3 is 1.97 bits per heavy atom. The van der Waals surface area contributed by atoms with Crippen molar-refractivity contribution in [2.24, 2.45) is 0 Å². The van der Waals surface area contributed by atoms with E-state index in [9.17, 15) is 27.4 Å². The standard InChI is InChI=1S/C28H46N2O7S/c1-3-5-7-8-9-10-13-16-26(31)29-21-15-11-14-17-27(32)30-24-22-23(38(34,35)36)19-20-25(24)37-28(33)18-12-6-4-2/h19-20,22H,3-18,21H2,1-2H3,(H,29,31)(H,30,32)(H,34,35,36). The van der Waals surface area contributed by atoms with Crippen molar-refractivity contribution in [3.8, 4) is 5.75 Å². The molecule has 0 unspecified atom stereocenters. The highest BCUT2D eigenvalue weighted by molar-refractivity contribution is 7.85. The van der Waals surface area contributed by atoms with Crippen LogP contribution in [-0.4, -0.2) is 37.3 Å². The number of hydrogen-bond acceptors (Lipinski definition) is 6. The summed E-state index contributed by atoms with van der Waals surface area (Å²) in [6.45, 7) is 4.77. The molecule has 2 amide bonds. The van der Waals surface area contributed by atoms with Gasteiger partial charge in [-0.15, -0.1) is 0 Å². The van der Waals surface area contributed by atoms with Crippen LogP contribution in [0.1, 0.15) is 117 Å². The van der Waals surface area contributed by atoms with Crippen LogP contribution in [0.25, 0.3) is 0 Å². The molecule has 10 heteroatoms. The molecule has 1 aromatic carbocycles. The Labute approximate surface area is 228 Å². The number of unbranched alkanes of at least 4 members (excludes halogenated alkanes) is 10. The van der Waals surface area contributed by atoms with Gasteiger partial charge >= 0.3 is 5.97 Å². The Kier molecular flexibility index (Phi) is 17.3. The molecule has 1 rings (SSSR count). The fourth-order valence-electron chi connectivity index (χ4n) is 3.91. The maximum Gasteiger partial charge on any atom is 0.311 e. The summed E-state index contributed by atoms with van der Waals surface area (Å²) >= 11 is 0. The predicted molar refractivity (Wildman–Crippen MR) is 149 cm³/mol. The van der Waals surface area contributed by atoms with Crippen LogP contribution >= 0.6 is 0 Å². The van der Waals surface area contributed by atoms with Gasteiger partial charge in [-0.2, -0.15) is 8.42 Å². The molecule has 0 aliphatic carbocycles. The molecular weight excluding hydrogens is 508 g/mol. The van der Waals surface area contributed by atoms with Gasteiger partial charge in [-0.25, -0.2) is 0 Å². The Morgan fingerprint density at radius 2 is 1.32 bits per heavy atom. The first-order chi connectivity index (χ1) is 18.2. The second kappa shape index (κ2) is 19.6. The number of hydrogen-bond donors (Lipinski definition) is 3. The largest absolute Gasteiger partial charge is 0.424 e. The van der Waals surface area contributed by atoms with Crippen LogP contribution in [0.5, 0.6) is 5.75 Å². The number of rotatable bonds is 21. The van der Waals surface area contributed by atoms with E-state index in [0.717, 1.165) is 50.7 Å². The van der Waals surface area contributed by atoms with Gasteiger partial charge in [-0.1, -0.05) is 71.6 Å². The summed E-state index contributed by atoms with van der Waals surface area (Å²) in [5.41, 5.74) is 0.00611. The maximum atomic E-state index is 12.5. The number of ether oxygens (including phenoxy) is 1. The minimum absolute atomic E-state index is 0.00611. The number of carbonyl (C=O) groups is 3. The fourth-order valence-corrected chi connectivity index (χ4v) is 4.41. The summed E-state index contributed by atoms with van der Waals surface area (Å²) in [5.74, 6) is -0.769. The summed E-state index contributed by atoms with van der Waals surface area (Å²) in [5, 5.41) is 5.51. The monoisotopic (exact) mass is 554 g/mol. The summed E-state index contributed by atoms with van der Waals surface area (Å²) in [6, 6.07) is 3.43. The van der Waals surface area contributed by atoms with Gasteiger partial charge in [0.2, 0.25) is 11.8 Å². The number of anilines is 1. The van der Waals surface area contributed by atoms with Crippen molar-refractivity contribution in [2.45, 2.75) is 121 Å². The molecule has 0 atom stereocenters. The number of esters is 1. The normalized spacial score (nSPS) is 11.2. The van der Waals surface area contributed by atoms with Crippen molar-refractivity contribution in [1.82, 2.24) is 5.32 Å². The molecule has 1 aromatic rings. The number of amides is 2. The minimum atomic E-state index is -4.50. The average molecular weight is 555 g/mol. The van der Waals surface area contributed by atoms with Crippen molar-refractivity contribution in [3.05, 3.63) is 18.2 Å². The molecule has 0 aliphatic heterocycles. The number of carbonyl (C=O) groups excluding carboxylic acids is 3. The van der Waals surface area contributed by atoms with E-state index in [-0.39, 0.29) is 36.1 Å². The molecule has 0 fully saturated rings. The molecule has 0 aromatic heterocycles. The molecule has 0 saturated carbocycles. The SMILES string of the molecule is CCCCCCCCCC(=O)NCCCCCC(=O)Nc1cc(S(=O)(=O)O)ccc1OC(=O)CCCCC. The molecular formula is C28H46N2O7S. The van der Waals surface area contributed by atoms with Crippen molar-refractivity contribution < 1.29 is 32.1 Å². The van der Waals surface area contributed by atoms with Gasteiger partial charge < -0.3 is 15.4 Å². The third-order valence-electron chi connectivity index (χ3n) is 6.14. The molecule has 0 heterocycles. The van der Waals surface area contributed by atoms with Crippen LogP contribution in [0.2, 0.25) is 0 Å². The maximum absolute atomic E-state index is 12.5. The van der Waals surface area contributed by atoms with Crippen LogP contribution in [-0.2, 0) is 24.5 Å². The Bertz CT molecular complexity index is 964. The smallest absolute Gasteiger partial charge is 0.311 e. The molecule has 0 spiro atoms. The van der Waals surface area contributed by atoms with Crippen molar-refractivity contribution in [1.29, 1.82) is 0 Å². The van der Waals surface area contributed by atoms with Gasteiger partial charge in [0.25, 0.3) is 10.1 Å². The molecule has 9 nitrogen and oxygen atoms in total. The molecule has 0 radical (unpaired) electrons. The van der Waals surface area contributed by atoms with Gasteiger partial charge in [0.15, 0.2) is 5.75 Å². The van der Waals surface area contributed by atoms with Crippen LogP contribution in [0.4, 0.5) is 5.69 Å². The quantitative estimate of drug-likeness (QED) is 0.0714. The highest BCUT2D eigenvalue weighted by Crippen LogP contribution is 2.29. The minimum Gasteiger partial charge on any atom is -0.424 e. The van der Waals surface area contributed by atoms with Gasteiger partial charge in [0, 0.05) is 25.8 Å². The molecule has 216 valence electrons. The van der Waals surface area contributed by atoms with Crippen LogP contribution < -0.4 is 15.4 Å². The highest BCUT2D eigenvalue weighted by Gasteiger charge is 2.17. The lowest BCUT2D eigenvalue weighted by atomic mass is 10.1. The summed E-state index contributed by atoms with van der Waals surface area (Å²) < 4.78 is 37.7. The van der Waals surface area contributed by atoms with E-state index >= 15 is 0 Å². The van der Waals surface area contributed by atoms with Crippen molar-refractivity contribution in [3.63, 3.8) is 0 Å². The van der Waals surface area contributed by atoms with Crippen LogP contribution in [0, 0.1) is 0 Å². The van der Waals surface area contributed by atoms with Crippen LogP contribution in [0.15, 0.2) is 23.1 Å². The Morgan fingerprint density at radius 1 is 0.763 bits per heavy atom. The zero-order chi connectivity index (χ0) is 28.2. The van der Waals surface area contributed by atoms with Crippen molar-refractivity contribution >= 4 is 33.6 Å². The predicted octanol–water partition coefficient (Wildman–Crippen LogP) is 6.17. The number of benzene rings is 1. The van der Waals surface area contributed by atoms with Gasteiger partial charge in [0.1, 0.15) is 0 Å². The first-order valence-electron chi connectivity index (χ1n) is 14.1. The summed E-state index contributed by atoms with van der Waals surface area (Å²) in [4.78, 5) is 36.1. The van der Waals surface area contributed by atoms with Crippen molar-refractivity contribution in [2.75, 3.05) is 11.9 Å². The third kappa shape index (κ3) is 15.7. The highest BCUT2D eigenvalue weighted by atomic mass is 32.2. The summed E-state index contributed by atoms with van der Waals surface area (Å²) in [6.07, 6.45) is 13.7. The van der Waals surface area contributed by atoms with E-state index in [2.05, 4.69) is 17.6 Å². The molecule has 0 bridgehead atoms. The molecule has 3 N–H and O–H groups in total. The van der Waals surface area contributed by atoms with E-state index in [4.69, 9.17) is 4.74 Å². The van der Waals surface area contributed by atoms with Gasteiger partial charge in [-0.3, -0.25) is 18.9 Å². The topological polar surface area (TPSA) is 139 Å². The zero-order valence-corrected chi connectivity index (χ0v) is 23.9. The lowest BCUT2D eigenvalue weighted by Gasteiger charge is -2.13. The zero-order valence-electron chi connectivity index (χ0n) is 23.1. The molecule has 0 aliphatic rings. The third-order valence-corrected chi connectivity index (χ3v) is 6.99. The second-order valence-corrected chi connectivity index (χ2v) is 11.1. The Balaban J connectivity index is 2.40. The van der Waals surface area contributed by atoms with E-state index < -0.39 is 21.0 Å². The van der Waals surface area contributed by atoms with E-state index in [0.29, 0.717) is 25.8 Å². The fraction of sp³-hybridized carbons (Fsp3) is 0.679. The lowest BCUT2D eigenvalue weighted by molar-refractivity contribution is -0.134. The average Bonchev–Trinajstić information content (AvgIpc) is 2.86. The molecule has 0 saturated heterocycles. The van der Waals surface area contributed by atoms with Gasteiger partial charge in [0.05, 0.1) is 10.6 Å². The first-order valence-corrected chi connectivity index (χ1v) is 15.5. The first kappa shape index (κ1) is 33.6. The molecule has 38 heavy (non-hydrogen) atoms. The second-order valence-electron chi connectivity index (χ2n) is 9.64. The lowest BCUT2D eigenvalue weighted by Crippen LogP contribution is -2.24. The number of nitrogens with one attached hydrogen (secondary N) is 2. The summed E-state index contributed by atoms with van der Waals surface area (Å²) in [7, 11) is -4.50. The Hall–Kier alpha value is -2.46.